The molecule has 0 aliphatic rings. The van der Waals surface area contributed by atoms with Gasteiger partial charge in [0.05, 0.1) is 17.1 Å². The van der Waals surface area contributed by atoms with Gasteiger partial charge in [0, 0.05) is 11.8 Å². The number of hydrogen-bond donors (Lipinski definition) is 3. The molecular formula is C19H25FN4O4S2. The zero-order valence-corrected chi connectivity index (χ0v) is 19.1. The number of carbonyl (C=O) groups excluding carboxylic acids is 2. The summed E-state index contributed by atoms with van der Waals surface area (Å²) in [5.41, 5.74) is 0.632. The van der Waals surface area contributed by atoms with E-state index >= 15 is 0 Å². The molecule has 0 atom stereocenters. The Morgan fingerprint density at radius 2 is 1.93 bits per heavy atom. The van der Waals surface area contributed by atoms with Gasteiger partial charge in [0.25, 0.3) is 0 Å². The SMILES string of the molecule is CCC(C)(C)NC(=O)CNC(=O)Nc1nc(C)c(-c2ccc(S(C)(=O)=O)c(F)c2)s1. The van der Waals surface area contributed by atoms with Crippen LogP contribution in [0.5, 0.6) is 0 Å². The third-order valence-corrected chi connectivity index (χ3v) is 6.63. The Morgan fingerprint density at radius 3 is 2.50 bits per heavy atom. The van der Waals surface area contributed by atoms with Gasteiger partial charge >= 0.3 is 6.03 Å². The predicted octanol–water partition coefficient (Wildman–Crippen LogP) is 3.09. The van der Waals surface area contributed by atoms with E-state index in [0.29, 0.717) is 16.1 Å². The smallest absolute Gasteiger partial charge is 0.321 e. The van der Waals surface area contributed by atoms with E-state index in [1.54, 1.807) is 6.92 Å². The number of rotatable bonds is 7. The number of nitrogens with zero attached hydrogens (tertiary/aromatic N) is 1. The van der Waals surface area contributed by atoms with Crippen molar-refractivity contribution in [3.8, 4) is 10.4 Å². The third-order valence-electron chi connectivity index (χ3n) is 4.38. The molecule has 8 nitrogen and oxygen atoms in total. The normalized spacial score (nSPS) is 11.8. The fraction of sp³-hybridized carbons (Fsp3) is 0.421. The van der Waals surface area contributed by atoms with E-state index < -0.39 is 21.7 Å². The summed E-state index contributed by atoms with van der Waals surface area (Å²) in [5.74, 6) is -1.16. The lowest BCUT2D eigenvalue weighted by molar-refractivity contribution is -0.121. The predicted molar refractivity (Wildman–Crippen MR) is 115 cm³/mol. The fourth-order valence-electron chi connectivity index (χ4n) is 2.47. The fourth-order valence-corrected chi connectivity index (χ4v) is 4.16. The molecule has 0 saturated carbocycles. The van der Waals surface area contributed by atoms with Crippen molar-refractivity contribution < 1.29 is 22.4 Å². The minimum absolute atomic E-state index is 0.190. The number of thiazole rings is 1. The van der Waals surface area contributed by atoms with Gasteiger partial charge in [0.2, 0.25) is 5.91 Å². The maximum absolute atomic E-state index is 14.2. The van der Waals surface area contributed by atoms with E-state index in [0.717, 1.165) is 30.1 Å². The van der Waals surface area contributed by atoms with Gasteiger partial charge < -0.3 is 10.6 Å². The number of hydrogen-bond acceptors (Lipinski definition) is 6. The van der Waals surface area contributed by atoms with Gasteiger partial charge in [0.1, 0.15) is 10.7 Å². The second-order valence-electron chi connectivity index (χ2n) is 7.44. The number of aromatic nitrogens is 1. The number of halogens is 1. The van der Waals surface area contributed by atoms with E-state index in [1.165, 1.54) is 12.1 Å². The second-order valence-corrected chi connectivity index (χ2v) is 10.4. The van der Waals surface area contributed by atoms with Gasteiger partial charge in [-0.3, -0.25) is 10.1 Å². The number of nitrogens with one attached hydrogen (secondary N) is 3. The van der Waals surface area contributed by atoms with Crippen LogP contribution in [0.3, 0.4) is 0 Å². The van der Waals surface area contributed by atoms with Crippen molar-refractivity contribution in [1.82, 2.24) is 15.6 Å². The summed E-state index contributed by atoms with van der Waals surface area (Å²) < 4.78 is 37.3. The molecule has 0 saturated heterocycles. The van der Waals surface area contributed by atoms with Crippen molar-refractivity contribution in [1.29, 1.82) is 0 Å². The summed E-state index contributed by atoms with van der Waals surface area (Å²) in [5, 5.41) is 8.07. The van der Waals surface area contributed by atoms with Crippen LogP contribution < -0.4 is 16.0 Å². The van der Waals surface area contributed by atoms with Crippen molar-refractivity contribution in [3.63, 3.8) is 0 Å². The Balaban J connectivity index is 2.05. The number of carbonyl (C=O) groups is 2. The molecule has 1 heterocycles. The molecule has 0 aliphatic heterocycles. The van der Waals surface area contributed by atoms with E-state index in [9.17, 15) is 22.4 Å². The minimum Gasteiger partial charge on any atom is -0.350 e. The molecule has 1 aromatic heterocycles. The largest absolute Gasteiger partial charge is 0.350 e. The molecule has 30 heavy (non-hydrogen) atoms. The van der Waals surface area contributed by atoms with Crippen molar-refractivity contribution in [2.45, 2.75) is 44.6 Å². The lowest BCUT2D eigenvalue weighted by Crippen LogP contribution is -2.47. The van der Waals surface area contributed by atoms with Crippen molar-refractivity contribution in [2.75, 3.05) is 18.1 Å². The summed E-state index contributed by atoms with van der Waals surface area (Å²) >= 11 is 1.11. The van der Waals surface area contributed by atoms with Gasteiger partial charge in [-0.2, -0.15) is 0 Å². The van der Waals surface area contributed by atoms with Crippen LogP contribution in [0.4, 0.5) is 14.3 Å². The zero-order valence-electron chi connectivity index (χ0n) is 17.4. The van der Waals surface area contributed by atoms with Gasteiger partial charge in [-0.25, -0.2) is 22.6 Å². The first-order valence-electron chi connectivity index (χ1n) is 9.15. The minimum atomic E-state index is -3.67. The van der Waals surface area contributed by atoms with Gasteiger partial charge in [-0.05, 0) is 44.9 Å². The Morgan fingerprint density at radius 1 is 1.27 bits per heavy atom. The zero-order chi connectivity index (χ0) is 22.7. The standard InChI is InChI=1S/C19H25FN4O4S2/c1-6-19(3,4)24-15(25)10-21-17(26)23-18-22-11(2)16(29-18)12-7-8-14(13(20)9-12)30(5,27)28/h7-9H,6,10H2,1-5H3,(H,24,25)(H2,21,22,23,26). The van der Waals surface area contributed by atoms with Crippen molar-refractivity contribution in [3.05, 3.63) is 29.7 Å². The maximum atomic E-state index is 14.2. The third kappa shape index (κ3) is 6.23. The number of benzene rings is 1. The maximum Gasteiger partial charge on any atom is 0.321 e. The summed E-state index contributed by atoms with van der Waals surface area (Å²) in [6.45, 7) is 7.22. The first kappa shape index (κ1) is 23.7. The highest BCUT2D eigenvalue weighted by atomic mass is 32.2. The molecule has 0 aliphatic carbocycles. The summed E-state index contributed by atoms with van der Waals surface area (Å²) in [6.07, 6.45) is 1.69. The molecule has 2 rings (SSSR count). The highest BCUT2D eigenvalue weighted by Gasteiger charge is 2.19. The second kappa shape index (κ2) is 9.09. The average molecular weight is 457 g/mol. The Bertz CT molecular complexity index is 1060. The first-order chi connectivity index (χ1) is 13.8. The topological polar surface area (TPSA) is 117 Å². The average Bonchev–Trinajstić information content (AvgIpc) is 2.98. The highest BCUT2D eigenvalue weighted by Crippen LogP contribution is 2.34. The van der Waals surface area contributed by atoms with Gasteiger partial charge in [-0.1, -0.05) is 24.3 Å². The quantitative estimate of drug-likeness (QED) is 0.592. The van der Waals surface area contributed by atoms with Crippen LogP contribution in [-0.4, -0.2) is 43.7 Å². The molecule has 3 amide bonds. The van der Waals surface area contributed by atoms with E-state index in [4.69, 9.17) is 0 Å². The van der Waals surface area contributed by atoms with E-state index in [2.05, 4.69) is 20.9 Å². The van der Waals surface area contributed by atoms with E-state index in [1.807, 2.05) is 20.8 Å². The Hall–Kier alpha value is -2.53. The molecule has 0 spiro atoms. The van der Waals surface area contributed by atoms with E-state index in [-0.39, 0.29) is 28.0 Å². The lowest BCUT2D eigenvalue weighted by atomic mass is 10.0. The molecule has 2 aromatic rings. The monoisotopic (exact) mass is 456 g/mol. The molecule has 3 N–H and O–H groups in total. The molecule has 11 heteroatoms. The van der Waals surface area contributed by atoms with Crippen LogP contribution in [0.25, 0.3) is 10.4 Å². The molecule has 164 valence electrons. The molecule has 0 fully saturated rings. The van der Waals surface area contributed by atoms with Crippen LogP contribution in [0.15, 0.2) is 23.1 Å². The number of sulfone groups is 1. The van der Waals surface area contributed by atoms with Crippen LogP contribution >= 0.6 is 11.3 Å². The summed E-state index contributed by atoms with van der Waals surface area (Å²) in [7, 11) is -3.67. The molecular weight excluding hydrogens is 431 g/mol. The molecule has 0 radical (unpaired) electrons. The molecule has 1 aromatic carbocycles. The van der Waals surface area contributed by atoms with Crippen LogP contribution in [0, 0.1) is 12.7 Å². The van der Waals surface area contributed by atoms with Crippen LogP contribution in [0.1, 0.15) is 32.9 Å². The Labute approximate surface area is 179 Å². The van der Waals surface area contributed by atoms with Gasteiger partial charge in [0.15, 0.2) is 15.0 Å². The van der Waals surface area contributed by atoms with Crippen LogP contribution in [-0.2, 0) is 14.6 Å². The van der Waals surface area contributed by atoms with Crippen LogP contribution in [0.2, 0.25) is 0 Å². The number of anilines is 1. The molecule has 0 bridgehead atoms. The highest BCUT2D eigenvalue weighted by molar-refractivity contribution is 7.90. The summed E-state index contributed by atoms with van der Waals surface area (Å²) in [4.78, 5) is 28.4. The molecule has 0 unspecified atom stereocenters. The number of urea groups is 1. The number of amides is 3. The van der Waals surface area contributed by atoms with Gasteiger partial charge in [-0.15, -0.1) is 0 Å². The lowest BCUT2D eigenvalue weighted by Gasteiger charge is -2.24. The van der Waals surface area contributed by atoms with Crippen molar-refractivity contribution in [2.24, 2.45) is 0 Å². The van der Waals surface area contributed by atoms with Crippen molar-refractivity contribution >= 4 is 38.2 Å². The Kier molecular flexibility index (Phi) is 7.19. The first-order valence-corrected chi connectivity index (χ1v) is 11.9. The summed E-state index contributed by atoms with van der Waals surface area (Å²) in [6, 6.07) is 3.22. The number of aryl methyl sites for hydroxylation is 1.